The molecule has 27 heavy (non-hydrogen) atoms. The summed E-state index contributed by atoms with van der Waals surface area (Å²) in [5, 5.41) is 7.28. The summed E-state index contributed by atoms with van der Waals surface area (Å²) in [5.74, 6) is -0.339. The van der Waals surface area contributed by atoms with Crippen molar-refractivity contribution >= 4 is 44.7 Å². The van der Waals surface area contributed by atoms with E-state index >= 15 is 0 Å². The number of carbonyl (C=O) groups is 2. The van der Waals surface area contributed by atoms with E-state index in [9.17, 15) is 9.59 Å². The monoisotopic (exact) mass is 379 g/mol. The lowest BCUT2D eigenvalue weighted by molar-refractivity contribution is 0.0995. The van der Waals surface area contributed by atoms with Crippen LogP contribution in [0.25, 0.3) is 10.9 Å². The third-order valence-electron chi connectivity index (χ3n) is 4.18. The molecule has 4 aromatic rings. The van der Waals surface area contributed by atoms with Crippen LogP contribution in [0.2, 0.25) is 0 Å². The molecule has 0 spiro atoms. The molecule has 0 saturated carbocycles. The minimum absolute atomic E-state index is 0.215. The third-order valence-corrected chi connectivity index (χ3v) is 5.18. The van der Waals surface area contributed by atoms with Crippen LogP contribution in [-0.4, -0.2) is 16.4 Å². The van der Waals surface area contributed by atoms with E-state index in [0.717, 1.165) is 23.1 Å². The van der Waals surface area contributed by atoms with E-state index in [4.69, 9.17) is 4.42 Å². The number of carbonyl (C=O) groups excluding carboxylic acids is 2. The summed E-state index contributed by atoms with van der Waals surface area (Å²) in [4.78, 5) is 25.0. The summed E-state index contributed by atoms with van der Waals surface area (Å²) < 4.78 is 7.20. The van der Waals surface area contributed by atoms with Crippen LogP contribution in [0.15, 0.2) is 65.4 Å². The molecule has 2 N–H and O–H groups in total. The van der Waals surface area contributed by atoms with E-state index in [1.54, 1.807) is 24.3 Å². The number of thiophene rings is 1. The van der Waals surface area contributed by atoms with Crippen molar-refractivity contribution < 1.29 is 14.0 Å². The predicted octanol–water partition coefficient (Wildman–Crippen LogP) is 4.82. The Morgan fingerprint density at radius 1 is 1.07 bits per heavy atom. The van der Waals surface area contributed by atoms with E-state index in [-0.39, 0.29) is 17.6 Å². The number of hydrogen-bond donors (Lipinski definition) is 2. The second-order valence-electron chi connectivity index (χ2n) is 5.92. The van der Waals surface area contributed by atoms with Gasteiger partial charge in [0.1, 0.15) is 0 Å². The fraction of sp³-hybridized carbons (Fsp3) is 0.100. The number of hydrogen-bond acceptors (Lipinski definition) is 4. The molecule has 136 valence electrons. The first kappa shape index (κ1) is 17.1. The Kier molecular flexibility index (Phi) is 4.52. The summed E-state index contributed by atoms with van der Waals surface area (Å²) in [5.41, 5.74) is 1.87. The highest BCUT2D eigenvalue weighted by Crippen LogP contribution is 2.25. The lowest BCUT2D eigenvalue weighted by Gasteiger charge is -2.05. The van der Waals surface area contributed by atoms with Crippen LogP contribution >= 0.6 is 11.3 Å². The number of rotatable bonds is 5. The Morgan fingerprint density at radius 2 is 1.96 bits per heavy atom. The summed E-state index contributed by atoms with van der Waals surface area (Å²) in [7, 11) is 0. The van der Waals surface area contributed by atoms with E-state index < -0.39 is 0 Å². The quantitative estimate of drug-likeness (QED) is 0.522. The van der Waals surface area contributed by atoms with Gasteiger partial charge in [0, 0.05) is 29.3 Å². The molecule has 0 fully saturated rings. The Bertz CT molecular complexity index is 1110. The van der Waals surface area contributed by atoms with Gasteiger partial charge in [-0.25, -0.2) is 0 Å². The SMILES string of the molecule is CCn1ccc2cc(NC(=O)c3ccc(NC(=O)c4ccco4)s3)ccc21. The molecule has 0 aliphatic heterocycles. The van der Waals surface area contributed by atoms with Crippen molar-refractivity contribution in [3.63, 3.8) is 0 Å². The normalized spacial score (nSPS) is 10.9. The van der Waals surface area contributed by atoms with Crippen LogP contribution in [0.5, 0.6) is 0 Å². The first-order valence-electron chi connectivity index (χ1n) is 8.49. The van der Waals surface area contributed by atoms with Gasteiger partial charge >= 0.3 is 0 Å². The Labute approximate surface area is 159 Å². The highest BCUT2D eigenvalue weighted by atomic mass is 32.1. The maximum atomic E-state index is 12.5. The highest BCUT2D eigenvalue weighted by molar-refractivity contribution is 7.18. The van der Waals surface area contributed by atoms with Gasteiger partial charge in [0.15, 0.2) is 5.76 Å². The number of aromatic nitrogens is 1. The van der Waals surface area contributed by atoms with Crippen molar-refractivity contribution in [3.8, 4) is 0 Å². The van der Waals surface area contributed by atoms with Gasteiger partial charge in [-0.3, -0.25) is 9.59 Å². The van der Waals surface area contributed by atoms with Crippen LogP contribution in [0.1, 0.15) is 27.2 Å². The molecule has 0 bridgehead atoms. The smallest absolute Gasteiger partial charge is 0.291 e. The zero-order chi connectivity index (χ0) is 18.8. The predicted molar refractivity (Wildman–Crippen MR) is 107 cm³/mol. The van der Waals surface area contributed by atoms with Gasteiger partial charge in [-0.15, -0.1) is 11.3 Å². The largest absolute Gasteiger partial charge is 0.459 e. The van der Waals surface area contributed by atoms with Gasteiger partial charge < -0.3 is 19.6 Å². The number of fused-ring (bicyclic) bond motifs is 1. The second kappa shape index (κ2) is 7.13. The fourth-order valence-corrected chi connectivity index (χ4v) is 3.65. The lowest BCUT2D eigenvalue weighted by Crippen LogP contribution is -2.10. The van der Waals surface area contributed by atoms with Crippen molar-refractivity contribution in [2.24, 2.45) is 0 Å². The zero-order valence-electron chi connectivity index (χ0n) is 14.6. The number of nitrogens with one attached hydrogen (secondary N) is 2. The van der Waals surface area contributed by atoms with Crippen LogP contribution in [-0.2, 0) is 6.54 Å². The van der Waals surface area contributed by atoms with Crippen LogP contribution in [0.4, 0.5) is 10.7 Å². The van der Waals surface area contributed by atoms with Gasteiger partial charge in [0.25, 0.3) is 11.8 Å². The third kappa shape index (κ3) is 3.50. The van der Waals surface area contributed by atoms with E-state index in [1.165, 1.54) is 17.6 Å². The van der Waals surface area contributed by atoms with Crippen LogP contribution in [0.3, 0.4) is 0 Å². The molecule has 0 aliphatic carbocycles. The van der Waals surface area contributed by atoms with Gasteiger partial charge in [0.05, 0.1) is 16.1 Å². The first-order chi connectivity index (χ1) is 13.1. The minimum atomic E-state index is -0.348. The van der Waals surface area contributed by atoms with Crippen molar-refractivity contribution in [2.75, 3.05) is 10.6 Å². The maximum absolute atomic E-state index is 12.5. The molecule has 4 rings (SSSR count). The highest BCUT2D eigenvalue weighted by Gasteiger charge is 2.14. The number of amides is 2. The summed E-state index contributed by atoms with van der Waals surface area (Å²) in [6.07, 6.45) is 3.47. The molecule has 0 atom stereocenters. The Morgan fingerprint density at radius 3 is 2.74 bits per heavy atom. The molecule has 2 amide bonds. The van der Waals surface area contributed by atoms with Gasteiger partial charge in [0.2, 0.25) is 0 Å². The van der Waals surface area contributed by atoms with Crippen LogP contribution < -0.4 is 10.6 Å². The molecule has 0 aliphatic rings. The van der Waals surface area contributed by atoms with E-state index in [0.29, 0.717) is 9.88 Å². The minimum Gasteiger partial charge on any atom is -0.459 e. The van der Waals surface area contributed by atoms with Gasteiger partial charge in [-0.05, 0) is 55.5 Å². The van der Waals surface area contributed by atoms with Gasteiger partial charge in [-0.1, -0.05) is 0 Å². The molecule has 0 unspecified atom stereocenters. The maximum Gasteiger partial charge on any atom is 0.291 e. The topological polar surface area (TPSA) is 76.3 Å². The molecule has 6 nitrogen and oxygen atoms in total. The second-order valence-corrected chi connectivity index (χ2v) is 7.01. The molecule has 3 heterocycles. The number of furan rings is 1. The average molecular weight is 379 g/mol. The summed E-state index contributed by atoms with van der Waals surface area (Å²) in [6, 6.07) is 14.5. The fourth-order valence-electron chi connectivity index (χ4n) is 2.85. The van der Waals surface area contributed by atoms with Crippen molar-refractivity contribution in [1.29, 1.82) is 0 Å². The molecule has 0 radical (unpaired) electrons. The summed E-state index contributed by atoms with van der Waals surface area (Å²) >= 11 is 1.21. The standard InChI is InChI=1S/C20H17N3O3S/c1-2-23-10-9-13-12-14(5-6-15(13)23)21-20(25)17-7-8-18(27-17)22-19(24)16-4-3-11-26-16/h3-12H,2H2,1H3,(H,21,25)(H,22,24). The Hall–Kier alpha value is -3.32. The van der Waals surface area contributed by atoms with Crippen molar-refractivity contribution in [1.82, 2.24) is 4.57 Å². The molecule has 7 heteroatoms. The first-order valence-corrected chi connectivity index (χ1v) is 9.30. The number of anilines is 2. The number of nitrogens with zero attached hydrogens (tertiary/aromatic N) is 1. The van der Waals surface area contributed by atoms with E-state index in [1.807, 2.05) is 30.5 Å². The average Bonchev–Trinajstić information content (AvgIpc) is 3.41. The molecule has 3 aromatic heterocycles. The van der Waals surface area contributed by atoms with Gasteiger partial charge in [-0.2, -0.15) is 0 Å². The molecule has 0 saturated heterocycles. The van der Waals surface area contributed by atoms with Crippen molar-refractivity contribution in [2.45, 2.75) is 13.5 Å². The van der Waals surface area contributed by atoms with Crippen molar-refractivity contribution in [3.05, 3.63) is 71.6 Å². The summed E-state index contributed by atoms with van der Waals surface area (Å²) in [6.45, 7) is 2.99. The molecule has 1 aromatic carbocycles. The molecular weight excluding hydrogens is 362 g/mol. The number of benzene rings is 1. The number of aryl methyl sites for hydroxylation is 1. The molecular formula is C20H17N3O3S. The lowest BCUT2D eigenvalue weighted by atomic mass is 10.2. The zero-order valence-corrected chi connectivity index (χ0v) is 15.4. The van der Waals surface area contributed by atoms with Crippen LogP contribution in [0, 0.1) is 0 Å². The van der Waals surface area contributed by atoms with E-state index in [2.05, 4.69) is 22.1 Å². The Balaban J connectivity index is 1.45.